The number of aromatic nitrogens is 4. The molecule has 0 spiro atoms. The molecule has 0 radical (unpaired) electrons. The second kappa shape index (κ2) is 9.21. The number of methoxy groups -OCH3 is 1. The van der Waals surface area contributed by atoms with Gasteiger partial charge in [-0.25, -0.2) is 9.97 Å². The summed E-state index contributed by atoms with van der Waals surface area (Å²) in [5.41, 5.74) is 0.209. The maximum atomic E-state index is 13.2. The van der Waals surface area contributed by atoms with Gasteiger partial charge in [-0.1, -0.05) is 6.07 Å². The van der Waals surface area contributed by atoms with Gasteiger partial charge in [0, 0.05) is 32.0 Å². The standard InChI is InChI=1S/C21H23F3N6O2/c1-13-12-32-9-8-30(13)20-28-15(17-16(31-2)5-7-27-19(17)29-20)11-25-10-14-4-3-6-26-18(14)21(22,23)24/h3-7,13,25H,8-12H2,1-2H3. The molecule has 0 bridgehead atoms. The monoisotopic (exact) mass is 448 g/mol. The van der Waals surface area contributed by atoms with E-state index in [2.05, 4.69) is 20.3 Å². The molecule has 1 N–H and O–H groups in total. The van der Waals surface area contributed by atoms with Crippen LogP contribution in [-0.2, 0) is 24.0 Å². The predicted octanol–water partition coefficient (Wildman–Crippen LogP) is 2.96. The first-order valence-electron chi connectivity index (χ1n) is 10.1. The lowest BCUT2D eigenvalue weighted by Crippen LogP contribution is -2.44. The minimum absolute atomic E-state index is 0.0277. The first-order valence-corrected chi connectivity index (χ1v) is 10.1. The molecule has 1 saturated heterocycles. The van der Waals surface area contributed by atoms with E-state index in [1.165, 1.54) is 19.2 Å². The summed E-state index contributed by atoms with van der Waals surface area (Å²) in [4.78, 5) is 19.2. The number of fused-ring (bicyclic) bond motifs is 1. The van der Waals surface area contributed by atoms with Crippen LogP contribution >= 0.6 is 0 Å². The number of halogens is 3. The van der Waals surface area contributed by atoms with Crippen molar-refractivity contribution in [1.29, 1.82) is 0 Å². The van der Waals surface area contributed by atoms with E-state index in [-0.39, 0.29) is 24.7 Å². The van der Waals surface area contributed by atoms with E-state index < -0.39 is 11.9 Å². The SMILES string of the molecule is COc1ccnc2nc(N3CCOCC3C)nc(CNCc3cccnc3C(F)(F)F)c12. The molecule has 11 heteroatoms. The largest absolute Gasteiger partial charge is 0.496 e. The molecule has 1 unspecified atom stereocenters. The fraction of sp³-hybridized carbons (Fsp3) is 0.429. The van der Waals surface area contributed by atoms with Gasteiger partial charge in [-0.2, -0.15) is 18.2 Å². The maximum Gasteiger partial charge on any atom is 0.433 e. The van der Waals surface area contributed by atoms with Crippen LogP contribution in [0.1, 0.15) is 23.9 Å². The molecule has 0 saturated carbocycles. The Morgan fingerprint density at radius 3 is 2.78 bits per heavy atom. The Morgan fingerprint density at radius 1 is 1.19 bits per heavy atom. The van der Waals surface area contributed by atoms with Crippen molar-refractivity contribution in [3.63, 3.8) is 0 Å². The summed E-state index contributed by atoms with van der Waals surface area (Å²) in [6.45, 7) is 3.94. The highest BCUT2D eigenvalue weighted by Gasteiger charge is 2.34. The van der Waals surface area contributed by atoms with Crippen LogP contribution in [-0.4, -0.2) is 52.8 Å². The second-order valence-corrected chi connectivity index (χ2v) is 7.41. The molecule has 1 atom stereocenters. The van der Waals surface area contributed by atoms with Gasteiger partial charge in [-0.3, -0.25) is 4.98 Å². The number of hydrogen-bond donors (Lipinski definition) is 1. The van der Waals surface area contributed by atoms with E-state index in [4.69, 9.17) is 14.5 Å². The molecule has 0 aliphatic carbocycles. The Kier molecular flexibility index (Phi) is 6.38. The normalized spacial score (nSPS) is 17.0. The molecular weight excluding hydrogens is 425 g/mol. The second-order valence-electron chi connectivity index (χ2n) is 7.41. The van der Waals surface area contributed by atoms with E-state index in [0.29, 0.717) is 48.2 Å². The molecule has 1 aliphatic heterocycles. The summed E-state index contributed by atoms with van der Waals surface area (Å²) >= 11 is 0. The van der Waals surface area contributed by atoms with Crippen LogP contribution in [0.15, 0.2) is 30.6 Å². The van der Waals surface area contributed by atoms with Gasteiger partial charge >= 0.3 is 6.18 Å². The molecule has 8 nitrogen and oxygen atoms in total. The molecule has 4 rings (SSSR count). The van der Waals surface area contributed by atoms with Crippen molar-refractivity contribution in [1.82, 2.24) is 25.3 Å². The number of morpholine rings is 1. The van der Waals surface area contributed by atoms with Gasteiger partial charge in [0.2, 0.25) is 5.95 Å². The first kappa shape index (κ1) is 22.2. The number of hydrogen-bond acceptors (Lipinski definition) is 8. The molecule has 1 fully saturated rings. The number of alkyl halides is 3. The van der Waals surface area contributed by atoms with Gasteiger partial charge < -0.3 is 19.7 Å². The zero-order valence-electron chi connectivity index (χ0n) is 17.7. The quantitative estimate of drug-likeness (QED) is 0.616. The molecule has 3 aromatic heterocycles. The minimum atomic E-state index is -4.52. The highest BCUT2D eigenvalue weighted by molar-refractivity contribution is 5.85. The Hall–Kier alpha value is -3.05. The summed E-state index contributed by atoms with van der Waals surface area (Å²) in [6.07, 6.45) is -1.79. The van der Waals surface area contributed by atoms with E-state index in [1.54, 1.807) is 12.3 Å². The van der Waals surface area contributed by atoms with Crippen LogP contribution < -0.4 is 15.0 Å². The highest BCUT2D eigenvalue weighted by Crippen LogP contribution is 2.31. The lowest BCUT2D eigenvalue weighted by atomic mass is 10.1. The molecular formula is C21H23F3N6O2. The Morgan fingerprint density at radius 2 is 2.03 bits per heavy atom. The minimum Gasteiger partial charge on any atom is -0.496 e. The number of pyridine rings is 2. The highest BCUT2D eigenvalue weighted by atomic mass is 19.4. The number of nitrogens with zero attached hydrogens (tertiary/aromatic N) is 5. The third-order valence-electron chi connectivity index (χ3n) is 5.23. The van der Waals surface area contributed by atoms with Gasteiger partial charge in [0.25, 0.3) is 0 Å². The van der Waals surface area contributed by atoms with Gasteiger partial charge in [-0.15, -0.1) is 0 Å². The molecule has 4 heterocycles. The summed E-state index contributed by atoms with van der Waals surface area (Å²) in [5.74, 6) is 1.05. The van der Waals surface area contributed by atoms with E-state index in [0.717, 1.165) is 6.20 Å². The lowest BCUT2D eigenvalue weighted by Gasteiger charge is -2.33. The smallest absolute Gasteiger partial charge is 0.433 e. The van der Waals surface area contributed by atoms with Crippen molar-refractivity contribution < 1.29 is 22.6 Å². The van der Waals surface area contributed by atoms with Crippen molar-refractivity contribution in [2.45, 2.75) is 32.2 Å². The zero-order valence-corrected chi connectivity index (χ0v) is 17.7. The third-order valence-corrected chi connectivity index (χ3v) is 5.23. The first-order chi connectivity index (χ1) is 15.4. The molecule has 32 heavy (non-hydrogen) atoms. The van der Waals surface area contributed by atoms with Crippen molar-refractivity contribution >= 4 is 17.0 Å². The van der Waals surface area contributed by atoms with E-state index in [9.17, 15) is 13.2 Å². The van der Waals surface area contributed by atoms with Crippen molar-refractivity contribution in [3.8, 4) is 5.75 Å². The van der Waals surface area contributed by atoms with Gasteiger partial charge in [0.15, 0.2) is 5.65 Å². The predicted molar refractivity (Wildman–Crippen MR) is 111 cm³/mol. The van der Waals surface area contributed by atoms with Crippen molar-refractivity contribution in [2.24, 2.45) is 0 Å². The lowest BCUT2D eigenvalue weighted by molar-refractivity contribution is -0.141. The van der Waals surface area contributed by atoms with Crippen LogP contribution in [0, 0.1) is 0 Å². The van der Waals surface area contributed by atoms with E-state index >= 15 is 0 Å². The van der Waals surface area contributed by atoms with Crippen LogP contribution in [0.25, 0.3) is 11.0 Å². The van der Waals surface area contributed by atoms with Crippen LogP contribution in [0.2, 0.25) is 0 Å². The Bertz CT molecular complexity index is 1090. The van der Waals surface area contributed by atoms with Crippen LogP contribution in [0.3, 0.4) is 0 Å². The number of ether oxygens (including phenoxy) is 2. The fourth-order valence-electron chi connectivity index (χ4n) is 3.69. The summed E-state index contributed by atoms with van der Waals surface area (Å²) < 4.78 is 50.7. The molecule has 1 aliphatic rings. The zero-order chi connectivity index (χ0) is 22.7. The number of nitrogens with one attached hydrogen (secondary N) is 1. The molecule has 170 valence electrons. The number of anilines is 1. The molecule has 3 aromatic rings. The summed E-state index contributed by atoms with van der Waals surface area (Å²) in [7, 11) is 1.54. The molecule has 0 amide bonds. The summed E-state index contributed by atoms with van der Waals surface area (Å²) in [5, 5.41) is 3.68. The topological polar surface area (TPSA) is 85.3 Å². The maximum absolute atomic E-state index is 13.2. The third kappa shape index (κ3) is 4.58. The van der Waals surface area contributed by atoms with Gasteiger partial charge in [0.05, 0.1) is 37.4 Å². The van der Waals surface area contributed by atoms with Gasteiger partial charge in [0.1, 0.15) is 11.4 Å². The van der Waals surface area contributed by atoms with Crippen LogP contribution in [0.5, 0.6) is 5.75 Å². The van der Waals surface area contributed by atoms with Crippen molar-refractivity contribution in [2.75, 3.05) is 31.8 Å². The Labute approximate surface area is 182 Å². The summed E-state index contributed by atoms with van der Waals surface area (Å²) in [6, 6.07) is 4.67. The Balaban J connectivity index is 1.65. The average Bonchev–Trinajstić information content (AvgIpc) is 2.78. The van der Waals surface area contributed by atoms with E-state index in [1.807, 2.05) is 11.8 Å². The number of rotatable bonds is 6. The van der Waals surface area contributed by atoms with Crippen LogP contribution in [0.4, 0.5) is 19.1 Å². The molecule has 0 aromatic carbocycles. The fourth-order valence-corrected chi connectivity index (χ4v) is 3.69. The average molecular weight is 448 g/mol. The van der Waals surface area contributed by atoms with Crippen molar-refractivity contribution in [3.05, 3.63) is 47.5 Å². The van der Waals surface area contributed by atoms with Gasteiger partial charge in [-0.05, 0) is 24.6 Å².